The smallest absolute Gasteiger partial charge is 0.139 e. The number of aliphatic hydroxyl groups is 1. The van der Waals surface area contributed by atoms with Crippen LogP contribution in [0.15, 0.2) is 42.6 Å². The molecule has 4 N–H and O–H groups in total. The quantitative estimate of drug-likeness (QED) is 0.541. The Morgan fingerprint density at radius 2 is 1.84 bits per heavy atom. The van der Waals surface area contributed by atoms with E-state index >= 15 is 0 Å². The number of benzene rings is 1. The molecule has 100 valence electrons. The first kappa shape index (κ1) is 13.3. The molecule has 1 heterocycles. The van der Waals surface area contributed by atoms with E-state index in [1.165, 1.54) is 0 Å². The zero-order chi connectivity index (χ0) is 13.5. The fourth-order valence-corrected chi connectivity index (χ4v) is 1.64. The van der Waals surface area contributed by atoms with E-state index in [4.69, 9.17) is 15.7 Å². The number of rotatable bonds is 6. The van der Waals surface area contributed by atoms with Gasteiger partial charge in [0.25, 0.3) is 0 Å². The second-order valence-corrected chi connectivity index (χ2v) is 4.10. The first-order valence-corrected chi connectivity index (χ1v) is 6.06. The number of anilines is 1. The highest BCUT2D eigenvalue weighted by atomic mass is 16.5. The standard InChI is InChI=1S/C14H17N3O2/c15-17-14-6-3-12(9-16-14)10-19-13-4-1-11(2-5-13)7-8-18/h1-6,9,18H,7-8,10,15H2,(H,16,17). The van der Waals surface area contributed by atoms with Crippen LogP contribution >= 0.6 is 0 Å². The van der Waals surface area contributed by atoms with Crippen LogP contribution in [0.4, 0.5) is 5.82 Å². The molecule has 1 aromatic heterocycles. The van der Waals surface area contributed by atoms with Crippen LogP contribution in [-0.4, -0.2) is 16.7 Å². The molecule has 19 heavy (non-hydrogen) atoms. The molecular weight excluding hydrogens is 242 g/mol. The lowest BCUT2D eigenvalue weighted by Gasteiger charge is -2.07. The normalized spacial score (nSPS) is 10.2. The van der Waals surface area contributed by atoms with Crippen molar-refractivity contribution in [2.24, 2.45) is 5.84 Å². The Morgan fingerprint density at radius 1 is 1.11 bits per heavy atom. The van der Waals surface area contributed by atoms with Crippen molar-refractivity contribution < 1.29 is 9.84 Å². The van der Waals surface area contributed by atoms with Gasteiger partial charge in [0, 0.05) is 18.4 Å². The lowest BCUT2D eigenvalue weighted by atomic mass is 10.1. The van der Waals surface area contributed by atoms with Gasteiger partial charge in [-0.15, -0.1) is 0 Å². The maximum atomic E-state index is 8.83. The number of aromatic nitrogens is 1. The van der Waals surface area contributed by atoms with E-state index in [-0.39, 0.29) is 6.61 Å². The summed E-state index contributed by atoms with van der Waals surface area (Å²) in [7, 11) is 0. The van der Waals surface area contributed by atoms with Gasteiger partial charge in [-0.1, -0.05) is 18.2 Å². The van der Waals surface area contributed by atoms with E-state index in [1.807, 2.05) is 30.3 Å². The molecule has 0 saturated heterocycles. The van der Waals surface area contributed by atoms with Gasteiger partial charge in [-0.2, -0.15) is 0 Å². The zero-order valence-corrected chi connectivity index (χ0v) is 10.5. The third-order valence-corrected chi connectivity index (χ3v) is 2.70. The Kier molecular flexibility index (Phi) is 4.72. The molecule has 5 heteroatoms. The first-order chi connectivity index (χ1) is 9.31. The average molecular weight is 259 g/mol. The van der Waals surface area contributed by atoms with Gasteiger partial charge in [0.1, 0.15) is 18.2 Å². The fourth-order valence-electron chi connectivity index (χ4n) is 1.64. The molecular formula is C14H17N3O2. The van der Waals surface area contributed by atoms with Crippen LogP contribution < -0.4 is 16.0 Å². The van der Waals surface area contributed by atoms with Gasteiger partial charge in [-0.05, 0) is 30.2 Å². The van der Waals surface area contributed by atoms with E-state index < -0.39 is 0 Å². The average Bonchev–Trinajstić information content (AvgIpc) is 2.47. The number of pyridine rings is 1. The number of aliphatic hydroxyl groups excluding tert-OH is 1. The summed E-state index contributed by atoms with van der Waals surface area (Å²) in [5.41, 5.74) is 4.54. The fraction of sp³-hybridized carbons (Fsp3) is 0.214. The molecule has 0 aliphatic carbocycles. The van der Waals surface area contributed by atoms with Gasteiger partial charge < -0.3 is 15.3 Å². The number of nitrogens with one attached hydrogen (secondary N) is 1. The van der Waals surface area contributed by atoms with Crippen molar-refractivity contribution in [2.45, 2.75) is 13.0 Å². The van der Waals surface area contributed by atoms with Crippen molar-refractivity contribution in [1.82, 2.24) is 4.98 Å². The minimum absolute atomic E-state index is 0.160. The lowest BCUT2D eigenvalue weighted by Crippen LogP contribution is -2.08. The van der Waals surface area contributed by atoms with Crippen LogP contribution in [0, 0.1) is 0 Å². The van der Waals surface area contributed by atoms with Gasteiger partial charge in [-0.3, -0.25) is 0 Å². The van der Waals surface area contributed by atoms with E-state index in [9.17, 15) is 0 Å². The molecule has 0 fully saturated rings. The molecule has 0 aliphatic heterocycles. The summed E-state index contributed by atoms with van der Waals surface area (Å²) in [5, 5.41) is 8.83. The first-order valence-electron chi connectivity index (χ1n) is 6.06. The van der Waals surface area contributed by atoms with Crippen molar-refractivity contribution in [3.05, 3.63) is 53.7 Å². The van der Waals surface area contributed by atoms with E-state index in [0.717, 1.165) is 16.9 Å². The molecule has 0 aliphatic rings. The van der Waals surface area contributed by atoms with Gasteiger partial charge in [0.15, 0.2) is 0 Å². The molecule has 0 bridgehead atoms. The third-order valence-electron chi connectivity index (χ3n) is 2.70. The van der Waals surface area contributed by atoms with Gasteiger partial charge in [-0.25, -0.2) is 10.8 Å². The predicted molar refractivity (Wildman–Crippen MR) is 73.6 cm³/mol. The minimum atomic E-state index is 0.160. The Labute approximate surface area is 112 Å². The van der Waals surface area contributed by atoms with E-state index in [2.05, 4.69) is 10.4 Å². The Morgan fingerprint density at radius 3 is 2.42 bits per heavy atom. The largest absolute Gasteiger partial charge is 0.489 e. The van der Waals surface area contributed by atoms with E-state index in [1.54, 1.807) is 12.3 Å². The van der Waals surface area contributed by atoms with Gasteiger partial charge >= 0.3 is 0 Å². The molecule has 0 atom stereocenters. The highest BCUT2D eigenvalue weighted by Crippen LogP contribution is 2.14. The summed E-state index contributed by atoms with van der Waals surface area (Å²) in [4.78, 5) is 4.10. The minimum Gasteiger partial charge on any atom is -0.489 e. The number of nitrogens with zero attached hydrogens (tertiary/aromatic N) is 1. The lowest BCUT2D eigenvalue weighted by molar-refractivity contribution is 0.298. The highest BCUT2D eigenvalue weighted by molar-refractivity contribution is 5.34. The second kappa shape index (κ2) is 6.72. The molecule has 0 radical (unpaired) electrons. The SMILES string of the molecule is NNc1ccc(COc2ccc(CCO)cc2)cn1. The van der Waals surface area contributed by atoms with Crippen LogP contribution in [0.5, 0.6) is 5.75 Å². The molecule has 2 aromatic rings. The Balaban J connectivity index is 1.90. The van der Waals surface area contributed by atoms with Crippen LogP contribution in [0.2, 0.25) is 0 Å². The maximum Gasteiger partial charge on any atom is 0.139 e. The predicted octanol–water partition coefficient (Wildman–Crippen LogP) is 1.48. The zero-order valence-electron chi connectivity index (χ0n) is 10.5. The third kappa shape index (κ3) is 3.94. The number of nitrogens with two attached hydrogens (primary N) is 1. The summed E-state index contributed by atoms with van der Waals surface area (Å²) in [6, 6.07) is 11.4. The van der Waals surface area contributed by atoms with Crippen LogP contribution in [0.1, 0.15) is 11.1 Å². The molecule has 2 rings (SSSR count). The van der Waals surface area contributed by atoms with Crippen molar-refractivity contribution in [2.75, 3.05) is 12.0 Å². The molecule has 0 amide bonds. The van der Waals surface area contributed by atoms with E-state index in [0.29, 0.717) is 18.8 Å². The second-order valence-electron chi connectivity index (χ2n) is 4.10. The Hall–Kier alpha value is -2.11. The van der Waals surface area contributed by atoms with Crippen LogP contribution in [-0.2, 0) is 13.0 Å². The topological polar surface area (TPSA) is 80.4 Å². The number of hydrogen-bond donors (Lipinski definition) is 3. The van der Waals surface area contributed by atoms with Crippen molar-refractivity contribution >= 4 is 5.82 Å². The van der Waals surface area contributed by atoms with Gasteiger partial charge in [0.05, 0.1) is 0 Å². The summed E-state index contributed by atoms with van der Waals surface area (Å²) in [6.07, 6.45) is 2.38. The highest BCUT2D eigenvalue weighted by Gasteiger charge is 1.98. The monoisotopic (exact) mass is 259 g/mol. The number of hydrogen-bond acceptors (Lipinski definition) is 5. The van der Waals surface area contributed by atoms with Crippen molar-refractivity contribution in [3.63, 3.8) is 0 Å². The summed E-state index contributed by atoms with van der Waals surface area (Å²) >= 11 is 0. The summed E-state index contributed by atoms with van der Waals surface area (Å²) < 4.78 is 5.64. The van der Waals surface area contributed by atoms with Gasteiger partial charge in [0.2, 0.25) is 0 Å². The summed E-state index contributed by atoms with van der Waals surface area (Å²) in [5.74, 6) is 6.66. The maximum absolute atomic E-state index is 8.83. The number of hydrazine groups is 1. The molecule has 1 aromatic carbocycles. The Bertz CT molecular complexity index is 497. The molecule has 0 unspecified atom stereocenters. The molecule has 5 nitrogen and oxygen atoms in total. The molecule has 0 saturated carbocycles. The molecule has 0 spiro atoms. The van der Waals surface area contributed by atoms with Crippen molar-refractivity contribution in [3.8, 4) is 5.75 Å². The van der Waals surface area contributed by atoms with Crippen LogP contribution in [0.25, 0.3) is 0 Å². The van der Waals surface area contributed by atoms with Crippen LogP contribution in [0.3, 0.4) is 0 Å². The number of ether oxygens (including phenoxy) is 1. The van der Waals surface area contributed by atoms with Crippen molar-refractivity contribution in [1.29, 1.82) is 0 Å². The summed E-state index contributed by atoms with van der Waals surface area (Å²) in [6.45, 7) is 0.616. The number of nitrogen functional groups attached to an aromatic ring is 1.